The quantitative estimate of drug-likeness (QED) is 0.358. The van der Waals surface area contributed by atoms with Crippen LogP contribution in [0.25, 0.3) is 0 Å². The van der Waals surface area contributed by atoms with Gasteiger partial charge in [0.1, 0.15) is 11.8 Å². The molecule has 3 N–H and O–H groups in total. The topological polar surface area (TPSA) is 75.8 Å². The number of rotatable bonds is 10. The largest absolute Gasteiger partial charge is 0.494 e. The summed E-state index contributed by atoms with van der Waals surface area (Å²) in [4.78, 5) is 12.6. The monoisotopic (exact) mass is 270 g/mol. The predicted molar refractivity (Wildman–Crippen MR) is 76.9 cm³/mol. The Labute approximate surface area is 115 Å². The second-order valence-corrected chi connectivity index (χ2v) is 4.76. The summed E-state index contributed by atoms with van der Waals surface area (Å²) in [6, 6.07) is -0.775. The van der Waals surface area contributed by atoms with Gasteiger partial charge in [-0.1, -0.05) is 12.7 Å². The molecule has 0 aromatic rings. The third-order valence-corrected chi connectivity index (χ3v) is 2.70. The Morgan fingerprint density at radius 3 is 2.58 bits per heavy atom. The number of carboxylic acid groups (broad SMARTS) is 1. The van der Waals surface area contributed by atoms with Gasteiger partial charge in [-0.25, -0.2) is 0 Å². The maximum absolute atomic E-state index is 10.5. The molecule has 0 heterocycles. The maximum atomic E-state index is 10.5. The molecule has 0 spiro atoms. The van der Waals surface area contributed by atoms with Crippen LogP contribution in [-0.4, -0.2) is 49.3 Å². The van der Waals surface area contributed by atoms with E-state index in [9.17, 15) is 4.79 Å². The summed E-state index contributed by atoms with van der Waals surface area (Å²) in [5.41, 5.74) is 6.47. The Hall–Kier alpha value is -1.33. The molecule has 5 heteroatoms. The van der Waals surface area contributed by atoms with Gasteiger partial charge in [0.2, 0.25) is 0 Å². The number of aliphatic carboxylic acids is 1. The lowest BCUT2D eigenvalue weighted by Crippen LogP contribution is -2.29. The molecule has 0 aromatic heterocycles. The fourth-order valence-electron chi connectivity index (χ4n) is 1.56. The molecule has 1 unspecified atom stereocenters. The minimum absolute atomic E-state index is 0.472. The molecule has 110 valence electrons. The summed E-state index contributed by atoms with van der Waals surface area (Å²) >= 11 is 0. The Kier molecular flexibility index (Phi) is 8.91. The van der Waals surface area contributed by atoms with E-state index in [2.05, 4.69) is 11.5 Å². The number of unbranched alkanes of at least 4 members (excludes halogenated alkanes) is 1. The molecule has 0 aliphatic heterocycles. The van der Waals surface area contributed by atoms with Crippen molar-refractivity contribution in [3.8, 4) is 0 Å². The van der Waals surface area contributed by atoms with Crippen molar-refractivity contribution in [2.45, 2.75) is 32.2 Å². The van der Waals surface area contributed by atoms with Gasteiger partial charge in [0.15, 0.2) is 0 Å². The lowest BCUT2D eigenvalue weighted by molar-refractivity contribution is -0.138. The van der Waals surface area contributed by atoms with Crippen LogP contribution in [0, 0.1) is 0 Å². The Morgan fingerprint density at radius 1 is 1.47 bits per heavy atom. The van der Waals surface area contributed by atoms with Gasteiger partial charge in [-0.15, -0.1) is 0 Å². The molecule has 0 rings (SSSR count). The number of allylic oxidation sites excluding steroid dienone is 1. The minimum atomic E-state index is -0.951. The number of nitrogens with zero attached hydrogens (tertiary/aromatic N) is 1. The molecular formula is C14H26N2O3. The molecule has 0 saturated carbocycles. The number of nitrogens with two attached hydrogens (primary N) is 1. The van der Waals surface area contributed by atoms with Crippen LogP contribution in [0.3, 0.4) is 0 Å². The highest BCUT2D eigenvalue weighted by atomic mass is 16.5. The van der Waals surface area contributed by atoms with E-state index in [1.807, 2.05) is 27.1 Å². The molecule has 0 aliphatic carbocycles. The number of hydrogen-bond donors (Lipinski definition) is 2. The molecule has 0 saturated heterocycles. The normalized spacial score (nSPS) is 13.4. The van der Waals surface area contributed by atoms with Crippen molar-refractivity contribution >= 4 is 5.97 Å². The van der Waals surface area contributed by atoms with Crippen LogP contribution in [0.2, 0.25) is 0 Å². The smallest absolute Gasteiger partial charge is 0.320 e. The SMILES string of the molecule is C=C(OCCCCC(N)C(=O)O)/C(=C\C)CN(C)C. The summed E-state index contributed by atoms with van der Waals surface area (Å²) in [6.45, 7) is 7.19. The first kappa shape index (κ1) is 17.7. The van der Waals surface area contributed by atoms with Crippen molar-refractivity contribution in [3.63, 3.8) is 0 Å². The summed E-state index contributed by atoms with van der Waals surface area (Å²) in [6.07, 6.45) is 3.97. The van der Waals surface area contributed by atoms with E-state index in [1.165, 1.54) is 0 Å². The number of hydrogen-bond acceptors (Lipinski definition) is 4. The Bertz CT molecular complexity index is 325. The molecule has 1 atom stereocenters. The van der Waals surface area contributed by atoms with Crippen LogP contribution in [0.5, 0.6) is 0 Å². The Balaban J connectivity index is 3.82. The van der Waals surface area contributed by atoms with Crippen LogP contribution < -0.4 is 5.73 Å². The van der Waals surface area contributed by atoms with Crippen LogP contribution in [0.4, 0.5) is 0 Å². The van der Waals surface area contributed by atoms with Gasteiger partial charge >= 0.3 is 5.97 Å². The zero-order valence-electron chi connectivity index (χ0n) is 12.2. The maximum Gasteiger partial charge on any atom is 0.320 e. The van der Waals surface area contributed by atoms with Crippen LogP contribution >= 0.6 is 0 Å². The molecule has 0 aliphatic rings. The molecule has 5 nitrogen and oxygen atoms in total. The van der Waals surface area contributed by atoms with E-state index in [1.54, 1.807) is 0 Å². The summed E-state index contributed by atoms with van der Waals surface area (Å²) in [7, 11) is 3.98. The van der Waals surface area contributed by atoms with Gasteiger partial charge in [-0.05, 0) is 40.3 Å². The van der Waals surface area contributed by atoms with Gasteiger partial charge < -0.3 is 20.5 Å². The van der Waals surface area contributed by atoms with Crippen molar-refractivity contribution < 1.29 is 14.6 Å². The summed E-state index contributed by atoms with van der Waals surface area (Å²) < 4.78 is 5.56. The van der Waals surface area contributed by atoms with Gasteiger partial charge in [0.25, 0.3) is 0 Å². The van der Waals surface area contributed by atoms with E-state index in [-0.39, 0.29) is 0 Å². The first-order valence-electron chi connectivity index (χ1n) is 6.48. The zero-order valence-corrected chi connectivity index (χ0v) is 12.2. The van der Waals surface area contributed by atoms with Crippen LogP contribution in [0.1, 0.15) is 26.2 Å². The van der Waals surface area contributed by atoms with Gasteiger partial charge in [-0.3, -0.25) is 4.79 Å². The third-order valence-electron chi connectivity index (χ3n) is 2.70. The second kappa shape index (κ2) is 9.58. The fourth-order valence-corrected chi connectivity index (χ4v) is 1.56. The van der Waals surface area contributed by atoms with E-state index in [0.29, 0.717) is 18.8 Å². The third kappa shape index (κ3) is 8.40. The molecule has 0 fully saturated rings. The molecule has 0 radical (unpaired) electrons. The van der Waals surface area contributed by atoms with Crippen molar-refractivity contribution in [1.29, 1.82) is 0 Å². The summed E-state index contributed by atoms with van der Waals surface area (Å²) in [5.74, 6) is -0.272. The Morgan fingerprint density at radius 2 is 2.11 bits per heavy atom. The van der Waals surface area contributed by atoms with Crippen molar-refractivity contribution in [2.75, 3.05) is 27.2 Å². The van der Waals surface area contributed by atoms with Gasteiger partial charge in [0.05, 0.1) is 6.61 Å². The number of ether oxygens (including phenoxy) is 1. The van der Waals surface area contributed by atoms with Crippen LogP contribution in [-0.2, 0) is 9.53 Å². The first-order chi connectivity index (χ1) is 8.88. The van der Waals surface area contributed by atoms with Crippen molar-refractivity contribution in [3.05, 3.63) is 24.0 Å². The van der Waals surface area contributed by atoms with Crippen molar-refractivity contribution in [1.82, 2.24) is 4.90 Å². The highest BCUT2D eigenvalue weighted by Gasteiger charge is 2.10. The zero-order chi connectivity index (χ0) is 14.8. The molecule has 0 aromatic carbocycles. The number of likely N-dealkylation sites (N-methyl/N-ethyl adjacent to an activating group) is 1. The second-order valence-electron chi connectivity index (χ2n) is 4.76. The van der Waals surface area contributed by atoms with E-state index in [4.69, 9.17) is 15.6 Å². The number of carbonyl (C=O) groups is 1. The standard InChI is InChI=1S/C14H26N2O3/c1-5-12(10-16(3)4)11(2)19-9-7-6-8-13(15)14(17)18/h5,13H,2,6-10,15H2,1,3-4H3,(H,17,18)/b12-5-. The van der Waals surface area contributed by atoms with E-state index < -0.39 is 12.0 Å². The average molecular weight is 270 g/mol. The van der Waals surface area contributed by atoms with Gasteiger partial charge in [-0.2, -0.15) is 0 Å². The number of carboxylic acids is 1. The van der Waals surface area contributed by atoms with E-state index >= 15 is 0 Å². The predicted octanol–water partition coefficient (Wildman–Crippen LogP) is 1.61. The fraction of sp³-hybridized carbons (Fsp3) is 0.643. The molecule has 0 bridgehead atoms. The lowest BCUT2D eigenvalue weighted by atomic mass is 10.1. The molecule has 19 heavy (non-hydrogen) atoms. The first-order valence-corrected chi connectivity index (χ1v) is 6.48. The average Bonchev–Trinajstić information content (AvgIpc) is 2.34. The summed E-state index contributed by atoms with van der Waals surface area (Å²) in [5, 5.41) is 8.63. The molecular weight excluding hydrogens is 244 g/mol. The van der Waals surface area contributed by atoms with Crippen LogP contribution in [0.15, 0.2) is 24.0 Å². The lowest BCUT2D eigenvalue weighted by Gasteiger charge is -2.16. The minimum Gasteiger partial charge on any atom is -0.494 e. The van der Waals surface area contributed by atoms with E-state index in [0.717, 1.165) is 25.0 Å². The highest BCUT2D eigenvalue weighted by Crippen LogP contribution is 2.11. The molecule has 0 amide bonds. The van der Waals surface area contributed by atoms with Crippen molar-refractivity contribution in [2.24, 2.45) is 5.73 Å². The highest BCUT2D eigenvalue weighted by molar-refractivity contribution is 5.72. The van der Waals surface area contributed by atoms with Gasteiger partial charge in [0, 0.05) is 12.1 Å².